The lowest BCUT2D eigenvalue weighted by molar-refractivity contribution is -0.134. The summed E-state index contributed by atoms with van der Waals surface area (Å²) in [4.78, 5) is 29.1. The molecule has 5 nitrogen and oxygen atoms in total. The number of aryl methyl sites for hydroxylation is 1. The Morgan fingerprint density at radius 1 is 1.12 bits per heavy atom. The van der Waals surface area contributed by atoms with Crippen LogP contribution in [0.4, 0.5) is 5.82 Å². The third-order valence-electron chi connectivity index (χ3n) is 7.76. The van der Waals surface area contributed by atoms with Crippen LogP contribution in [0, 0.1) is 17.3 Å². The van der Waals surface area contributed by atoms with Gasteiger partial charge in [0.15, 0.2) is 0 Å². The summed E-state index contributed by atoms with van der Waals surface area (Å²) in [5.74, 6) is 2.68. The van der Waals surface area contributed by atoms with Gasteiger partial charge in [0.2, 0.25) is 5.91 Å². The summed E-state index contributed by atoms with van der Waals surface area (Å²) in [7, 11) is 0. The number of hydrogen-bond donors (Lipinski definition) is 0. The van der Waals surface area contributed by atoms with Crippen molar-refractivity contribution >= 4 is 33.3 Å². The normalized spacial score (nSPS) is 20.1. The molecule has 0 aromatic carbocycles. The van der Waals surface area contributed by atoms with E-state index in [9.17, 15) is 4.79 Å². The molecule has 6 heteroatoms. The topological polar surface area (TPSA) is 49.3 Å². The SMILES string of the molecule is CCc1cc2c(N(CC)CC3CCN(C(=O)CC4CCC(C)(C)CC4)CC3)ncnc2s1. The number of amides is 1. The average Bonchev–Trinajstić information content (AvgIpc) is 3.23. The molecule has 2 aliphatic rings. The Hall–Kier alpha value is -1.69. The van der Waals surface area contributed by atoms with Crippen molar-refractivity contribution in [3.8, 4) is 0 Å². The predicted molar refractivity (Wildman–Crippen MR) is 134 cm³/mol. The molecule has 4 rings (SSSR count). The standard InChI is InChI=1S/C26H40N4OS/c1-5-21-16-22-24(27-18-28-25(22)32-21)29(6-2)17-20-9-13-30(14-10-20)23(31)15-19-7-11-26(3,4)12-8-19/h16,18-20H,5-15,17H2,1-4H3. The van der Waals surface area contributed by atoms with Crippen molar-refractivity contribution in [1.82, 2.24) is 14.9 Å². The monoisotopic (exact) mass is 456 g/mol. The Bertz CT molecular complexity index is 906. The fraction of sp³-hybridized carbons (Fsp3) is 0.731. The zero-order valence-electron chi connectivity index (χ0n) is 20.4. The molecule has 0 spiro atoms. The molecule has 176 valence electrons. The van der Waals surface area contributed by atoms with Gasteiger partial charge in [-0.2, -0.15) is 0 Å². The van der Waals surface area contributed by atoms with Crippen molar-refractivity contribution in [2.45, 2.75) is 79.1 Å². The van der Waals surface area contributed by atoms with Crippen LogP contribution in [-0.2, 0) is 11.2 Å². The second-order valence-electron chi connectivity index (χ2n) is 10.7. The lowest BCUT2D eigenvalue weighted by Crippen LogP contribution is -2.42. The molecule has 1 aliphatic carbocycles. The van der Waals surface area contributed by atoms with Crippen LogP contribution < -0.4 is 4.90 Å². The maximum Gasteiger partial charge on any atom is 0.222 e. The molecule has 0 unspecified atom stereocenters. The van der Waals surface area contributed by atoms with E-state index in [1.165, 1.54) is 35.9 Å². The predicted octanol–water partition coefficient (Wildman–Crippen LogP) is 5.93. The zero-order valence-corrected chi connectivity index (χ0v) is 21.2. The first kappa shape index (κ1) is 23.5. The maximum absolute atomic E-state index is 12.9. The average molecular weight is 457 g/mol. The van der Waals surface area contributed by atoms with Crippen molar-refractivity contribution in [2.75, 3.05) is 31.1 Å². The van der Waals surface area contributed by atoms with Crippen LogP contribution in [0.15, 0.2) is 12.4 Å². The smallest absolute Gasteiger partial charge is 0.222 e. The van der Waals surface area contributed by atoms with Crippen molar-refractivity contribution in [3.63, 3.8) is 0 Å². The summed E-state index contributed by atoms with van der Waals surface area (Å²) >= 11 is 1.78. The number of likely N-dealkylation sites (tertiary alicyclic amines) is 1. The summed E-state index contributed by atoms with van der Waals surface area (Å²) in [6.45, 7) is 12.9. The highest BCUT2D eigenvalue weighted by Gasteiger charge is 2.30. The van der Waals surface area contributed by atoms with E-state index in [2.05, 4.69) is 53.5 Å². The van der Waals surface area contributed by atoms with Gasteiger partial charge >= 0.3 is 0 Å². The Balaban J connectivity index is 1.30. The van der Waals surface area contributed by atoms with Gasteiger partial charge in [0.25, 0.3) is 0 Å². The number of fused-ring (bicyclic) bond motifs is 1. The maximum atomic E-state index is 12.9. The van der Waals surface area contributed by atoms with Crippen LogP contribution in [0.5, 0.6) is 0 Å². The molecule has 0 radical (unpaired) electrons. The molecule has 0 bridgehead atoms. The third kappa shape index (κ3) is 5.44. The summed E-state index contributed by atoms with van der Waals surface area (Å²) in [5, 5.41) is 1.19. The van der Waals surface area contributed by atoms with E-state index in [1.54, 1.807) is 17.7 Å². The van der Waals surface area contributed by atoms with Crippen molar-refractivity contribution in [3.05, 3.63) is 17.3 Å². The first-order valence-corrected chi connectivity index (χ1v) is 13.5. The van der Waals surface area contributed by atoms with E-state index in [-0.39, 0.29) is 0 Å². The van der Waals surface area contributed by atoms with Crippen molar-refractivity contribution in [1.29, 1.82) is 0 Å². The number of hydrogen-bond acceptors (Lipinski definition) is 5. The van der Waals surface area contributed by atoms with Crippen LogP contribution in [0.25, 0.3) is 10.2 Å². The minimum Gasteiger partial charge on any atom is -0.356 e. The van der Waals surface area contributed by atoms with Gasteiger partial charge in [0, 0.05) is 37.5 Å². The Morgan fingerprint density at radius 2 is 1.84 bits per heavy atom. The first-order valence-electron chi connectivity index (χ1n) is 12.6. The zero-order chi connectivity index (χ0) is 22.7. The van der Waals surface area contributed by atoms with Crippen LogP contribution in [-0.4, -0.2) is 47.0 Å². The molecule has 1 saturated carbocycles. The van der Waals surface area contributed by atoms with Gasteiger partial charge in [-0.15, -0.1) is 11.3 Å². The van der Waals surface area contributed by atoms with Crippen LogP contribution in [0.1, 0.15) is 77.5 Å². The molecule has 2 fully saturated rings. The first-order chi connectivity index (χ1) is 15.4. The van der Waals surface area contributed by atoms with Gasteiger partial charge in [0.05, 0.1) is 5.39 Å². The molecule has 32 heavy (non-hydrogen) atoms. The van der Waals surface area contributed by atoms with Gasteiger partial charge in [-0.05, 0) is 75.2 Å². The third-order valence-corrected chi connectivity index (χ3v) is 8.94. The number of carbonyl (C=O) groups excluding carboxylic acids is 1. The molecule has 2 aromatic heterocycles. The summed E-state index contributed by atoms with van der Waals surface area (Å²) in [6.07, 6.45) is 10.7. The second-order valence-corrected chi connectivity index (χ2v) is 11.8. The van der Waals surface area contributed by atoms with E-state index in [1.807, 2.05) is 0 Å². The van der Waals surface area contributed by atoms with Crippen molar-refractivity contribution < 1.29 is 4.79 Å². The molecule has 1 saturated heterocycles. The minimum absolute atomic E-state index is 0.392. The Labute approximate surface area is 197 Å². The molecular formula is C26H40N4OS. The highest BCUT2D eigenvalue weighted by molar-refractivity contribution is 7.18. The van der Waals surface area contributed by atoms with Crippen LogP contribution in [0.3, 0.4) is 0 Å². The molecule has 1 aliphatic heterocycles. The molecule has 2 aromatic rings. The molecule has 3 heterocycles. The van der Waals surface area contributed by atoms with Crippen molar-refractivity contribution in [2.24, 2.45) is 17.3 Å². The largest absolute Gasteiger partial charge is 0.356 e. The molecule has 0 N–H and O–H groups in total. The summed E-state index contributed by atoms with van der Waals surface area (Å²) < 4.78 is 0. The van der Waals surface area contributed by atoms with Gasteiger partial charge in [-0.1, -0.05) is 20.8 Å². The van der Waals surface area contributed by atoms with Gasteiger partial charge in [0.1, 0.15) is 17.0 Å². The van der Waals surface area contributed by atoms with E-state index >= 15 is 0 Å². The van der Waals surface area contributed by atoms with Gasteiger partial charge in [-0.25, -0.2) is 9.97 Å². The van der Waals surface area contributed by atoms with E-state index in [0.717, 1.165) is 62.5 Å². The highest BCUT2D eigenvalue weighted by atomic mass is 32.1. The minimum atomic E-state index is 0.392. The lowest BCUT2D eigenvalue weighted by Gasteiger charge is -2.37. The van der Waals surface area contributed by atoms with Crippen LogP contribution >= 0.6 is 11.3 Å². The van der Waals surface area contributed by atoms with Gasteiger partial charge < -0.3 is 9.80 Å². The van der Waals surface area contributed by atoms with E-state index < -0.39 is 0 Å². The van der Waals surface area contributed by atoms with E-state index in [4.69, 9.17) is 0 Å². The number of nitrogens with zero attached hydrogens (tertiary/aromatic N) is 4. The second kappa shape index (κ2) is 10.1. The molecule has 0 atom stereocenters. The Kier molecular flexibility index (Phi) is 7.38. The van der Waals surface area contributed by atoms with Gasteiger partial charge in [-0.3, -0.25) is 4.79 Å². The Morgan fingerprint density at radius 3 is 2.50 bits per heavy atom. The number of aromatic nitrogens is 2. The van der Waals surface area contributed by atoms with Crippen LogP contribution in [0.2, 0.25) is 0 Å². The fourth-order valence-electron chi connectivity index (χ4n) is 5.40. The number of thiophene rings is 1. The number of carbonyl (C=O) groups is 1. The number of rotatable bonds is 7. The number of piperidine rings is 1. The fourth-order valence-corrected chi connectivity index (χ4v) is 6.33. The summed E-state index contributed by atoms with van der Waals surface area (Å²) in [6, 6.07) is 2.27. The molecular weight excluding hydrogens is 416 g/mol. The quantitative estimate of drug-likeness (QED) is 0.518. The molecule has 1 amide bonds. The summed E-state index contributed by atoms with van der Waals surface area (Å²) in [5.41, 5.74) is 0.472. The van der Waals surface area contributed by atoms with E-state index in [0.29, 0.717) is 23.2 Å². The number of anilines is 1. The lowest BCUT2D eigenvalue weighted by atomic mass is 9.72. The highest BCUT2D eigenvalue weighted by Crippen LogP contribution is 2.39.